The van der Waals surface area contributed by atoms with Crippen LogP contribution in [0.5, 0.6) is 0 Å². The molecule has 1 fully saturated rings. The van der Waals surface area contributed by atoms with Gasteiger partial charge in [0.25, 0.3) is 0 Å². The molecule has 1 saturated heterocycles. The van der Waals surface area contributed by atoms with Gasteiger partial charge >= 0.3 is 0 Å². The lowest BCUT2D eigenvalue weighted by Crippen LogP contribution is -2.33. The van der Waals surface area contributed by atoms with Crippen molar-refractivity contribution >= 4 is 33.2 Å². The highest BCUT2D eigenvalue weighted by molar-refractivity contribution is 9.11. The van der Waals surface area contributed by atoms with Crippen LogP contribution in [0.15, 0.2) is 15.9 Å². The monoisotopic (exact) mass is 274 g/mol. The van der Waals surface area contributed by atoms with Crippen molar-refractivity contribution in [1.82, 2.24) is 4.90 Å². The molecule has 14 heavy (non-hydrogen) atoms. The minimum absolute atomic E-state index is 0.0783. The Kier molecular flexibility index (Phi) is 2.90. The van der Waals surface area contributed by atoms with Crippen LogP contribution in [0.4, 0.5) is 0 Å². The van der Waals surface area contributed by atoms with Crippen LogP contribution in [0.1, 0.15) is 11.3 Å². The van der Waals surface area contributed by atoms with Gasteiger partial charge in [-0.25, -0.2) is 0 Å². The number of rotatable bonds is 2. The van der Waals surface area contributed by atoms with Gasteiger partial charge in [-0.15, -0.1) is 11.3 Å². The Hall–Kier alpha value is -0.390. The van der Waals surface area contributed by atoms with Crippen LogP contribution in [0.2, 0.25) is 0 Å². The summed E-state index contributed by atoms with van der Waals surface area (Å²) < 4.78 is 1.10. The minimum Gasteiger partial charge on any atom is -0.336 e. The van der Waals surface area contributed by atoms with E-state index in [1.165, 1.54) is 4.88 Å². The molecule has 2 rings (SSSR count). The van der Waals surface area contributed by atoms with Gasteiger partial charge in [0.05, 0.1) is 16.4 Å². The van der Waals surface area contributed by atoms with Gasteiger partial charge in [-0.2, -0.15) is 0 Å². The van der Waals surface area contributed by atoms with Gasteiger partial charge in [-0.05, 0) is 34.5 Å². The smallest absolute Gasteiger partial charge is 0.239 e. The average Bonchev–Trinajstić information content (AvgIpc) is 2.67. The van der Waals surface area contributed by atoms with Crippen molar-refractivity contribution in [3.8, 4) is 0 Å². The summed E-state index contributed by atoms with van der Waals surface area (Å²) in [6.45, 7) is 1.48. The topological polar surface area (TPSA) is 46.3 Å². The Morgan fingerprint density at radius 1 is 1.64 bits per heavy atom. The summed E-state index contributed by atoms with van der Waals surface area (Å²) in [4.78, 5) is 14.5. The van der Waals surface area contributed by atoms with Crippen LogP contribution in [-0.4, -0.2) is 23.4 Å². The second-order valence-electron chi connectivity index (χ2n) is 3.36. The van der Waals surface area contributed by atoms with Gasteiger partial charge < -0.3 is 10.6 Å². The van der Waals surface area contributed by atoms with Gasteiger partial charge in [0, 0.05) is 11.4 Å². The van der Waals surface area contributed by atoms with E-state index in [-0.39, 0.29) is 11.9 Å². The van der Waals surface area contributed by atoms with E-state index in [0.29, 0.717) is 6.54 Å². The fourth-order valence-corrected chi connectivity index (χ4v) is 3.04. The first-order valence-corrected chi connectivity index (χ1v) is 6.06. The highest BCUT2D eigenvalue weighted by Gasteiger charge is 2.28. The van der Waals surface area contributed by atoms with Crippen LogP contribution >= 0.6 is 27.3 Å². The number of hydrogen-bond acceptors (Lipinski definition) is 3. The van der Waals surface area contributed by atoms with E-state index in [1.54, 1.807) is 11.3 Å². The summed E-state index contributed by atoms with van der Waals surface area (Å²) in [5.74, 6) is 0.0783. The molecule has 0 bridgehead atoms. The third-order valence-corrected chi connectivity index (χ3v) is 3.92. The second kappa shape index (κ2) is 4.00. The van der Waals surface area contributed by atoms with E-state index in [2.05, 4.69) is 15.9 Å². The molecule has 0 saturated carbocycles. The quantitative estimate of drug-likeness (QED) is 0.890. The van der Waals surface area contributed by atoms with Crippen molar-refractivity contribution in [2.24, 2.45) is 5.73 Å². The van der Waals surface area contributed by atoms with Crippen molar-refractivity contribution in [2.75, 3.05) is 6.54 Å². The number of carbonyl (C=O) groups excluding carboxylic acids is 1. The molecule has 1 amide bonds. The average molecular weight is 275 g/mol. The van der Waals surface area contributed by atoms with E-state index >= 15 is 0 Å². The van der Waals surface area contributed by atoms with Crippen molar-refractivity contribution in [3.05, 3.63) is 20.8 Å². The van der Waals surface area contributed by atoms with Gasteiger partial charge in [0.2, 0.25) is 5.91 Å². The van der Waals surface area contributed by atoms with Crippen molar-refractivity contribution in [1.29, 1.82) is 0 Å². The highest BCUT2D eigenvalue weighted by atomic mass is 79.9. The predicted molar refractivity (Wildman–Crippen MR) is 60.0 cm³/mol. The minimum atomic E-state index is -0.279. The Morgan fingerprint density at radius 2 is 2.43 bits per heavy atom. The number of nitrogens with two attached hydrogens (primary N) is 1. The second-order valence-corrected chi connectivity index (χ2v) is 5.91. The molecule has 1 aromatic rings. The third-order valence-electron chi connectivity index (χ3n) is 2.31. The highest BCUT2D eigenvalue weighted by Crippen LogP contribution is 2.24. The van der Waals surface area contributed by atoms with Crippen LogP contribution in [0, 0.1) is 0 Å². The van der Waals surface area contributed by atoms with E-state index in [9.17, 15) is 4.79 Å². The zero-order chi connectivity index (χ0) is 10.1. The van der Waals surface area contributed by atoms with E-state index in [0.717, 1.165) is 16.8 Å². The molecule has 1 atom stereocenters. The van der Waals surface area contributed by atoms with Gasteiger partial charge in [-0.1, -0.05) is 0 Å². The molecule has 0 aliphatic carbocycles. The summed E-state index contributed by atoms with van der Waals surface area (Å²) in [7, 11) is 0. The number of halogens is 1. The summed E-state index contributed by atoms with van der Waals surface area (Å²) in [6, 6.07) is 3.75. The number of hydrogen-bond donors (Lipinski definition) is 1. The van der Waals surface area contributed by atoms with E-state index in [1.807, 2.05) is 17.0 Å². The molecule has 1 aliphatic heterocycles. The molecule has 1 aromatic heterocycles. The third kappa shape index (κ3) is 1.99. The lowest BCUT2D eigenvalue weighted by molar-refractivity contribution is -0.129. The van der Waals surface area contributed by atoms with Gasteiger partial charge in [0.15, 0.2) is 0 Å². The number of nitrogens with zero attached hydrogens (tertiary/aromatic N) is 1. The Balaban J connectivity index is 2.02. The van der Waals surface area contributed by atoms with Crippen LogP contribution in [0.25, 0.3) is 0 Å². The maximum Gasteiger partial charge on any atom is 0.239 e. The number of carbonyl (C=O) groups is 1. The fourth-order valence-electron chi connectivity index (χ4n) is 1.54. The van der Waals surface area contributed by atoms with E-state index in [4.69, 9.17) is 5.73 Å². The van der Waals surface area contributed by atoms with Gasteiger partial charge in [0.1, 0.15) is 0 Å². The predicted octanol–water partition coefficient (Wildman–Crippen LogP) is 1.57. The summed E-state index contributed by atoms with van der Waals surface area (Å²) in [5, 5.41) is 0. The first kappa shape index (κ1) is 10.1. The molecule has 0 radical (unpaired) electrons. The molecule has 76 valence electrons. The summed E-state index contributed by atoms with van der Waals surface area (Å²) >= 11 is 5.06. The van der Waals surface area contributed by atoms with Gasteiger partial charge in [-0.3, -0.25) is 4.79 Å². The molecule has 0 aromatic carbocycles. The number of amides is 1. The lowest BCUT2D eigenvalue weighted by Gasteiger charge is -2.14. The van der Waals surface area contributed by atoms with Crippen molar-refractivity contribution in [3.63, 3.8) is 0 Å². The number of thiophene rings is 1. The largest absolute Gasteiger partial charge is 0.336 e. The lowest BCUT2D eigenvalue weighted by atomic mass is 10.3. The van der Waals surface area contributed by atoms with Crippen LogP contribution < -0.4 is 5.73 Å². The molecule has 0 spiro atoms. The standard InChI is InChI=1S/C9H11BrN2OS/c10-8-2-1-6(14-8)5-12-4-3-7(11)9(12)13/h1-2,7H,3-5,11H2. The zero-order valence-electron chi connectivity index (χ0n) is 7.57. The van der Waals surface area contributed by atoms with E-state index < -0.39 is 0 Å². The molecule has 2 N–H and O–H groups in total. The van der Waals surface area contributed by atoms with Crippen molar-refractivity contribution in [2.45, 2.75) is 19.0 Å². The van der Waals surface area contributed by atoms with Crippen LogP contribution in [0.3, 0.4) is 0 Å². The Labute approximate surface area is 95.0 Å². The number of likely N-dealkylation sites (tertiary alicyclic amines) is 1. The molecule has 2 heterocycles. The normalized spacial score (nSPS) is 22.0. The SMILES string of the molecule is NC1CCN(Cc2ccc(Br)s2)C1=O. The Bertz CT molecular complexity index is 352. The Morgan fingerprint density at radius 3 is 2.93 bits per heavy atom. The molecular formula is C9H11BrN2OS. The maximum absolute atomic E-state index is 11.5. The summed E-state index contributed by atoms with van der Waals surface area (Å²) in [5.41, 5.74) is 5.63. The molecule has 1 unspecified atom stereocenters. The molecule has 1 aliphatic rings. The summed E-state index contributed by atoms with van der Waals surface area (Å²) in [6.07, 6.45) is 0.783. The van der Waals surface area contributed by atoms with Crippen LogP contribution in [-0.2, 0) is 11.3 Å². The van der Waals surface area contributed by atoms with Crippen molar-refractivity contribution < 1.29 is 4.79 Å². The maximum atomic E-state index is 11.5. The first-order chi connectivity index (χ1) is 6.66. The zero-order valence-corrected chi connectivity index (χ0v) is 9.97. The fraction of sp³-hybridized carbons (Fsp3) is 0.444. The first-order valence-electron chi connectivity index (χ1n) is 4.45. The molecule has 5 heteroatoms. The molecular weight excluding hydrogens is 264 g/mol. The molecule has 3 nitrogen and oxygen atoms in total.